The smallest absolute Gasteiger partial charge is 0.269 e. The topological polar surface area (TPSA) is 80.9 Å². The van der Waals surface area contributed by atoms with Gasteiger partial charge in [-0.1, -0.05) is 13.8 Å². The maximum atomic E-state index is 10.9. The van der Waals surface area contributed by atoms with Gasteiger partial charge >= 0.3 is 0 Å². The Morgan fingerprint density at radius 1 is 1.35 bits per heavy atom. The van der Waals surface area contributed by atoms with E-state index in [0.717, 1.165) is 12.3 Å². The SMILES string of the molecule is CC1CCC(Nc2ccc(C(N)=O)nn2)C1C. The van der Waals surface area contributed by atoms with Crippen LogP contribution in [0, 0.1) is 11.8 Å². The highest BCUT2D eigenvalue weighted by Gasteiger charge is 2.29. The molecule has 3 atom stereocenters. The van der Waals surface area contributed by atoms with Crippen molar-refractivity contribution in [2.75, 3.05) is 5.32 Å². The van der Waals surface area contributed by atoms with Gasteiger partial charge in [0.1, 0.15) is 5.82 Å². The average Bonchev–Trinajstić information content (AvgIpc) is 2.62. The lowest BCUT2D eigenvalue weighted by Gasteiger charge is -2.19. The zero-order chi connectivity index (χ0) is 12.4. The van der Waals surface area contributed by atoms with E-state index in [-0.39, 0.29) is 5.69 Å². The van der Waals surface area contributed by atoms with Gasteiger partial charge in [-0.3, -0.25) is 4.79 Å². The third-order valence-corrected chi connectivity index (χ3v) is 3.72. The summed E-state index contributed by atoms with van der Waals surface area (Å²) < 4.78 is 0. The molecule has 5 nitrogen and oxygen atoms in total. The number of nitrogens with zero attached hydrogens (tertiary/aromatic N) is 2. The van der Waals surface area contributed by atoms with E-state index < -0.39 is 5.91 Å². The van der Waals surface area contributed by atoms with E-state index in [1.807, 2.05) is 0 Å². The molecule has 1 heterocycles. The molecule has 1 aromatic rings. The number of aromatic nitrogens is 2. The Morgan fingerprint density at radius 2 is 2.12 bits per heavy atom. The van der Waals surface area contributed by atoms with Crippen LogP contribution < -0.4 is 11.1 Å². The first-order valence-electron chi connectivity index (χ1n) is 5.98. The molecule has 1 aromatic heterocycles. The average molecular weight is 234 g/mol. The molecule has 1 fully saturated rings. The number of carbonyl (C=O) groups is 1. The largest absolute Gasteiger partial charge is 0.366 e. The molecule has 2 rings (SSSR count). The Labute approximate surface area is 101 Å². The summed E-state index contributed by atoms with van der Waals surface area (Å²) in [6.45, 7) is 4.52. The summed E-state index contributed by atoms with van der Waals surface area (Å²) in [5, 5.41) is 11.1. The molecule has 1 aliphatic carbocycles. The fourth-order valence-electron chi connectivity index (χ4n) is 2.30. The van der Waals surface area contributed by atoms with E-state index in [4.69, 9.17) is 5.73 Å². The van der Waals surface area contributed by atoms with Crippen molar-refractivity contribution in [3.63, 3.8) is 0 Å². The number of nitrogens with two attached hydrogens (primary N) is 1. The summed E-state index contributed by atoms with van der Waals surface area (Å²) in [4.78, 5) is 10.9. The second-order valence-corrected chi connectivity index (χ2v) is 4.83. The number of anilines is 1. The Bertz CT molecular complexity index is 403. The van der Waals surface area contributed by atoms with Gasteiger partial charge in [0.15, 0.2) is 5.69 Å². The zero-order valence-corrected chi connectivity index (χ0v) is 10.2. The van der Waals surface area contributed by atoms with Crippen molar-refractivity contribution in [3.05, 3.63) is 17.8 Å². The molecule has 17 heavy (non-hydrogen) atoms. The molecule has 0 aromatic carbocycles. The van der Waals surface area contributed by atoms with Gasteiger partial charge in [-0.25, -0.2) is 0 Å². The van der Waals surface area contributed by atoms with Gasteiger partial charge in [-0.05, 0) is 36.8 Å². The van der Waals surface area contributed by atoms with Crippen molar-refractivity contribution in [3.8, 4) is 0 Å². The molecule has 3 N–H and O–H groups in total. The van der Waals surface area contributed by atoms with Crippen molar-refractivity contribution in [1.29, 1.82) is 0 Å². The summed E-state index contributed by atoms with van der Waals surface area (Å²) in [6, 6.07) is 3.79. The molecule has 0 spiro atoms. The molecule has 1 amide bonds. The fraction of sp³-hybridized carbons (Fsp3) is 0.583. The second kappa shape index (κ2) is 4.69. The molecule has 92 valence electrons. The van der Waals surface area contributed by atoms with Crippen LogP contribution in [-0.4, -0.2) is 22.1 Å². The molecule has 1 saturated carbocycles. The quantitative estimate of drug-likeness (QED) is 0.828. The zero-order valence-electron chi connectivity index (χ0n) is 10.2. The van der Waals surface area contributed by atoms with Crippen molar-refractivity contribution in [1.82, 2.24) is 10.2 Å². The third kappa shape index (κ3) is 2.54. The lowest BCUT2D eigenvalue weighted by atomic mass is 9.98. The Morgan fingerprint density at radius 3 is 2.59 bits per heavy atom. The molecule has 0 aliphatic heterocycles. The summed E-state index contributed by atoms with van der Waals surface area (Å²) in [5.74, 6) is 1.53. The summed E-state index contributed by atoms with van der Waals surface area (Å²) >= 11 is 0. The standard InChI is InChI=1S/C12H18N4O/c1-7-3-4-9(8(7)2)14-11-6-5-10(12(13)17)15-16-11/h5-9H,3-4H2,1-2H3,(H2,13,17)(H,14,16). The molecule has 1 aliphatic rings. The summed E-state index contributed by atoms with van der Waals surface area (Å²) in [6.07, 6.45) is 2.40. The highest BCUT2D eigenvalue weighted by Crippen LogP contribution is 2.32. The van der Waals surface area contributed by atoms with Crippen molar-refractivity contribution < 1.29 is 4.79 Å². The van der Waals surface area contributed by atoms with Crippen LogP contribution in [0.3, 0.4) is 0 Å². The number of carbonyl (C=O) groups excluding carboxylic acids is 1. The number of hydrogen-bond donors (Lipinski definition) is 2. The highest BCUT2D eigenvalue weighted by atomic mass is 16.1. The van der Waals surface area contributed by atoms with Crippen LogP contribution in [0.5, 0.6) is 0 Å². The predicted octanol–water partition coefficient (Wildman–Crippen LogP) is 1.42. The number of amides is 1. The monoisotopic (exact) mass is 234 g/mol. The van der Waals surface area contributed by atoms with E-state index in [9.17, 15) is 4.79 Å². The van der Waals surface area contributed by atoms with Gasteiger partial charge < -0.3 is 11.1 Å². The van der Waals surface area contributed by atoms with E-state index in [2.05, 4.69) is 29.4 Å². The highest BCUT2D eigenvalue weighted by molar-refractivity contribution is 5.90. The van der Waals surface area contributed by atoms with Crippen LogP contribution in [0.1, 0.15) is 37.2 Å². The molecular weight excluding hydrogens is 216 g/mol. The first-order valence-corrected chi connectivity index (χ1v) is 5.98. The van der Waals surface area contributed by atoms with Crippen molar-refractivity contribution in [2.45, 2.75) is 32.7 Å². The number of primary amides is 1. The molecule has 0 bridgehead atoms. The molecule has 0 saturated heterocycles. The van der Waals surface area contributed by atoms with Crippen LogP contribution >= 0.6 is 0 Å². The maximum absolute atomic E-state index is 10.9. The molecule has 3 unspecified atom stereocenters. The first kappa shape index (κ1) is 11.8. The van der Waals surface area contributed by atoms with Crippen molar-refractivity contribution in [2.24, 2.45) is 17.6 Å². The van der Waals surface area contributed by atoms with Gasteiger partial charge in [0.05, 0.1) is 0 Å². The summed E-state index contributed by atoms with van der Waals surface area (Å²) in [7, 11) is 0. The van der Waals surface area contributed by atoms with Gasteiger partial charge in [0, 0.05) is 6.04 Å². The number of rotatable bonds is 3. The van der Waals surface area contributed by atoms with Gasteiger partial charge in [0.2, 0.25) is 0 Å². The van der Waals surface area contributed by atoms with Crippen LogP contribution in [0.15, 0.2) is 12.1 Å². The normalized spacial score (nSPS) is 28.0. The predicted molar refractivity (Wildman–Crippen MR) is 65.5 cm³/mol. The van der Waals surface area contributed by atoms with Gasteiger partial charge in [-0.2, -0.15) is 0 Å². The van der Waals surface area contributed by atoms with E-state index in [1.165, 1.54) is 6.42 Å². The Balaban J connectivity index is 2.02. The van der Waals surface area contributed by atoms with Gasteiger partial charge in [0.25, 0.3) is 5.91 Å². The van der Waals surface area contributed by atoms with Gasteiger partial charge in [-0.15, -0.1) is 10.2 Å². The minimum atomic E-state index is -0.549. The third-order valence-electron chi connectivity index (χ3n) is 3.72. The van der Waals surface area contributed by atoms with E-state index >= 15 is 0 Å². The fourth-order valence-corrected chi connectivity index (χ4v) is 2.30. The second-order valence-electron chi connectivity index (χ2n) is 4.83. The van der Waals surface area contributed by atoms with Crippen LogP contribution in [0.4, 0.5) is 5.82 Å². The summed E-state index contributed by atoms with van der Waals surface area (Å²) in [5.41, 5.74) is 5.30. The van der Waals surface area contributed by atoms with E-state index in [0.29, 0.717) is 17.8 Å². The first-order chi connectivity index (χ1) is 8.08. The number of nitrogens with one attached hydrogen (secondary N) is 1. The number of hydrogen-bond acceptors (Lipinski definition) is 4. The Kier molecular flexibility index (Phi) is 3.26. The molecular formula is C12H18N4O. The Hall–Kier alpha value is -1.65. The van der Waals surface area contributed by atoms with Crippen molar-refractivity contribution >= 4 is 11.7 Å². The lowest BCUT2D eigenvalue weighted by molar-refractivity contribution is 0.0994. The molecule has 5 heteroatoms. The maximum Gasteiger partial charge on any atom is 0.269 e. The minimum Gasteiger partial charge on any atom is -0.366 e. The van der Waals surface area contributed by atoms with Crippen LogP contribution in [0.25, 0.3) is 0 Å². The van der Waals surface area contributed by atoms with Crippen LogP contribution in [0.2, 0.25) is 0 Å². The lowest BCUT2D eigenvalue weighted by Crippen LogP contribution is -2.25. The van der Waals surface area contributed by atoms with Crippen LogP contribution in [-0.2, 0) is 0 Å². The van der Waals surface area contributed by atoms with E-state index in [1.54, 1.807) is 12.1 Å². The minimum absolute atomic E-state index is 0.198. The molecule has 0 radical (unpaired) electrons.